The standard InChI is InChI=1S/C15H16FNO2S/c1-19-14-7-6-11(8-12(14)9-17)10-20(18)15-5-3-2-4-13(15)16/h2-8H,9-10,17H2,1H3. The summed E-state index contributed by atoms with van der Waals surface area (Å²) in [5.41, 5.74) is 7.33. The zero-order valence-corrected chi connectivity index (χ0v) is 12.0. The number of hydrogen-bond acceptors (Lipinski definition) is 3. The lowest BCUT2D eigenvalue weighted by Crippen LogP contribution is -2.03. The molecule has 0 aliphatic rings. The lowest BCUT2D eigenvalue weighted by Gasteiger charge is -2.09. The molecule has 3 nitrogen and oxygen atoms in total. The molecule has 0 saturated heterocycles. The smallest absolute Gasteiger partial charge is 0.139 e. The Kier molecular flexibility index (Phi) is 4.87. The Bertz CT molecular complexity index is 631. The van der Waals surface area contributed by atoms with Gasteiger partial charge in [0, 0.05) is 12.1 Å². The third-order valence-corrected chi connectivity index (χ3v) is 4.36. The summed E-state index contributed by atoms with van der Waals surface area (Å²) in [6, 6.07) is 11.6. The van der Waals surface area contributed by atoms with Crippen molar-refractivity contribution < 1.29 is 13.3 Å². The molecule has 106 valence electrons. The summed E-state index contributed by atoms with van der Waals surface area (Å²) in [7, 11) is 0.154. The Morgan fingerprint density at radius 2 is 2.00 bits per heavy atom. The molecule has 2 rings (SSSR count). The fourth-order valence-corrected chi connectivity index (χ4v) is 3.09. The van der Waals surface area contributed by atoms with Gasteiger partial charge in [0.2, 0.25) is 0 Å². The first-order valence-corrected chi connectivity index (χ1v) is 7.46. The number of halogens is 1. The van der Waals surface area contributed by atoms with Crippen molar-refractivity contribution in [2.75, 3.05) is 7.11 Å². The molecule has 0 aromatic heterocycles. The molecule has 2 aromatic carbocycles. The highest BCUT2D eigenvalue weighted by atomic mass is 32.2. The quantitative estimate of drug-likeness (QED) is 0.922. The lowest BCUT2D eigenvalue weighted by atomic mass is 10.1. The van der Waals surface area contributed by atoms with Gasteiger partial charge in [-0.25, -0.2) is 4.39 Å². The first kappa shape index (κ1) is 14.7. The maximum Gasteiger partial charge on any atom is 0.139 e. The monoisotopic (exact) mass is 293 g/mol. The molecule has 1 atom stereocenters. The fraction of sp³-hybridized carbons (Fsp3) is 0.200. The van der Waals surface area contributed by atoms with Gasteiger partial charge in [-0.1, -0.05) is 18.2 Å². The molecule has 0 spiro atoms. The topological polar surface area (TPSA) is 52.3 Å². The first-order valence-electron chi connectivity index (χ1n) is 6.14. The molecule has 0 bridgehead atoms. The van der Waals surface area contributed by atoms with Crippen LogP contribution in [0.3, 0.4) is 0 Å². The van der Waals surface area contributed by atoms with Gasteiger partial charge in [0.1, 0.15) is 11.6 Å². The van der Waals surface area contributed by atoms with Crippen LogP contribution in [-0.2, 0) is 23.1 Å². The second-order valence-electron chi connectivity index (χ2n) is 4.27. The van der Waals surface area contributed by atoms with Crippen LogP contribution < -0.4 is 10.5 Å². The number of methoxy groups -OCH3 is 1. The molecule has 0 aliphatic carbocycles. The van der Waals surface area contributed by atoms with Crippen molar-refractivity contribution in [3.05, 3.63) is 59.4 Å². The molecule has 1 unspecified atom stereocenters. The second-order valence-corrected chi connectivity index (χ2v) is 5.69. The van der Waals surface area contributed by atoms with E-state index in [4.69, 9.17) is 10.5 Å². The summed E-state index contributed by atoms with van der Waals surface area (Å²) in [5.74, 6) is 0.504. The summed E-state index contributed by atoms with van der Waals surface area (Å²) >= 11 is 0. The van der Waals surface area contributed by atoms with Crippen molar-refractivity contribution in [3.8, 4) is 5.75 Å². The van der Waals surface area contributed by atoms with Crippen LogP contribution in [0.15, 0.2) is 47.4 Å². The molecule has 2 N–H and O–H groups in total. The van der Waals surface area contributed by atoms with Crippen molar-refractivity contribution in [1.29, 1.82) is 0 Å². The van der Waals surface area contributed by atoms with Gasteiger partial charge in [-0.3, -0.25) is 4.21 Å². The molecular weight excluding hydrogens is 277 g/mol. The van der Waals surface area contributed by atoms with E-state index in [0.29, 0.717) is 12.3 Å². The minimum absolute atomic E-state index is 0.220. The van der Waals surface area contributed by atoms with E-state index < -0.39 is 16.6 Å². The van der Waals surface area contributed by atoms with Crippen LogP contribution in [0, 0.1) is 5.82 Å². The third-order valence-electron chi connectivity index (χ3n) is 2.94. The summed E-state index contributed by atoms with van der Waals surface area (Å²) in [6.07, 6.45) is 0. The molecule has 0 saturated carbocycles. The van der Waals surface area contributed by atoms with Crippen LogP contribution in [0.1, 0.15) is 11.1 Å². The average molecular weight is 293 g/mol. The van der Waals surface area contributed by atoms with Crippen LogP contribution in [0.5, 0.6) is 5.75 Å². The van der Waals surface area contributed by atoms with E-state index in [1.54, 1.807) is 31.4 Å². The van der Waals surface area contributed by atoms with Gasteiger partial charge in [-0.05, 0) is 29.8 Å². The predicted octanol–water partition coefficient (Wildman–Crippen LogP) is 2.60. The van der Waals surface area contributed by atoms with Gasteiger partial charge in [-0.2, -0.15) is 0 Å². The normalized spacial score (nSPS) is 12.2. The highest BCUT2D eigenvalue weighted by molar-refractivity contribution is 7.84. The van der Waals surface area contributed by atoms with E-state index in [1.807, 2.05) is 12.1 Å². The second kappa shape index (κ2) is 6.63. The molecular formula is C15H16FNO2S. The van der Waals surface area contributed by atoms with Gasteiger partial charge in [0.05, 0.1) is 28.6 Å². The Labute approximate surface area is 120 Å². The molecule has 0 amide bonds. The average Bonchev–Trinajstić information content (AvgIpc) is 2.47. The SMILES string of the molecule is COc1ccc(CS(=O)c2ccccc2F)cc1CN. The van der Waals surface area contributed by atoms with Crippen molar-refractivity contribution in [1.82, 2.24) is 0 Å². The van der Waals surface area contributed by atoms with Gasteiger partial charge in [-0.15, -0.1) is 0 Å². The number of rotatable bonds is 5. The van der Waals surface area contributed by atoms with E-state index in [9.17, 15) is 8.60 Å². The fourth-order valence-electron chi connectivity index (χ4n) is 1.94. The molecule has 5 heteroatoms. The van der Waals surface area contributed by atoms with E-state index in [-0.39, 0.29) is 10.6 Å². The first-order chi connectivity index (χ1) is 9.65. The zero-order chi connectivity index (χ0) is 14.5. The van der Waals surface area contributed by atoms with Gasteiger partial charge in [0.25, 0.3) is 0 Å². The van der Waals surface area contributed by atoms with Crippen LogP contribution in [0.25, 0.3) is 0 Å². The summed E-state index contributed by atoms with van der Waals surface area (Å²) < 4.78 is 31.0. The molecule has 2 aromatic rings. The Balaban J connectivity index is 2.22. The largest absolute Gasteiger partial charge is 0.496 e. The minimum atomic E-state index is -1.42. The van der Waals surface area contributed by atoms with E-state index in [2.05, 4.69) is 0 Å². The number of nitrogens with two attached hydrogens (primary N) is 1. The molecule has 0 heterocycles. The molecule has 0 aliphatic heterocycles. The van der Waals surface area contributed by atoms with Crippen molar-refractivity contribution in [2.45, 2.75) is 17.2 Å². The highest BCUT2D eigenvalue weighted by Crippen LogP contribution is 2.22. The number of benzene rings is 2. The molecule has 0 radical (unpaired) electrons. The van der Waals surface area contributed by atoms with Crippen molar-refractivity contribution in [3.63, 3.8) is 0 Å². The van der Waals surface area contributed by atoms with E-state index in [1.165, 1.54) is 6.07 Å². The zero-order valence-electron chi connectivity index (χ0n) is 11.1. The van der Waals surface area contributed by atoms with E-state index in [0.717, 1.165) is 11.1 Å². The lowest BCUT2D eigenvalue weighted by molar-refractivity contribution is 0.409. The van der Waals surface area contributed by atoms with Crippen LogP contribution in [0.2, 0.25) is 0 Å². The van der Waals surface area contributed by atoms with Gasteiger partial charge >= 0.3 is 0 Å². The Morgan fingerprint density at radius 1 is 1.25 bits per heavy atom. The van der Waals surface area contributed by atoms with E-state index >= 15 is 0 Å². The third kappa shape index (κ3) is 3.23. The summed E-state index contributed by atoms with van der Waals surface area (Å²) in [5, 5.41) is 0. The van der Waals surface area contributed by atoms with Crippen LogP contribution in [0.4, 0.5) is 4.39 Å². The van der Waals surface area contributed by atoms with Gasteiger partial charge < -0.3 is 10.5 Å². The summed E-state index contributed by atoms with van der Waals surface area (Å²) in [6.45, 7) is 0.337. The Hall–Kier alpha value is -1.72. The summed E-state index contributed by atoms with van der Waals surface area (Å²) in [4.78, 5) is 0.220. The van der Waals surface area contributed by atoms with Crippen LogP contribution >= 0.6 is 0 Å². The van der Waals surface area contributed by atoms with Crippen LogP contribution in [-0.4, -0.2) is 11.3 Å². The number of ether oxygens (including phenoxy) is 1. The maximum atomic E-state index is 13.6. The Morgan fingerprint density at radius 3 is 2.65 bits per heavy atom. The molecule has 0 fully saturated rings. The maximum absolute atomic E-state index is 13.6. The highest BCUT2D eigenvalue weighted by Gasteiger charge is 2.11. The van der Waals surface area contributed by atoms with Gasteiger partial charge in [0.15, 0.2) is 0 Å². The number of hydrogen-bond donors (Lipinski definition) is 1. The predicted molar refractivity (Wildman–Crippen MR) is 77.4 cm³/mol. The van der Waals surface area contributed by atoms with Crippen molar-refractivity contribution >= 4 is 10.8 Å². The minimum Gasteiger partial charge on any atom is -0.496 e. The molecule has 20 heavy (non-hydrogen) atoms. The van der Waals surface area contributed by atoms with Crippen molar-refractivity contribution in [2.24, 2.45) is 5.73 Å².